The highest BCUT2D eigenvalue weighted by atomic mass is 35.5. The molecule has 2 N–H and O–H groups in total. The summed E-state index contributed by atoms with van der Waals surface area (Å²) in [6.07, 6.45) is 2.87. The van der Waals surface area contributed by atoms with E-state index in [0.29, 0.717) is 31.5 Å². The first kappa shape index (κ1) is 22.6. The number of rotatable bonds is 6. The van der Waals surface area contributed by atoms with Gasteiger partial charge in [0.1, 0.15) is 11.6 Å². The minimum absolute atomic E-state index is 0. The largest absolute Gasteiger partial charge is 0.468 e. The lowest BCUT2D eigenvalue weighted by Crippen LogP contribution is -2.40. The predicted molar refractivity (Wildman–Crippen MR) is 113 cm³/mol. The van der Waals surface area contributed by atoms with Gasteiger partial charge in [-0.15, -0.1) is 12.4 Å². The maximum absolute atomic E-state index is 12.9. The molecular formula is C21H26ClN3O4. The SMILES string of the molecule is COC(=O)[C@@H]1C[C@H](NC(=O)c2c(C)ccn(CCc3ccccc3)c2=O)CN1.Cl. The summed E-state index contributed by atoms with van der Waals surface area (Å²) in [5.74, 6) is -0.759. The molecular weight excluding hydrogens is 394 g/mol. The molecule has 2 heterocycles. The second-order valence-corrected chi connectivity index (χ2v) is 7.00. The number of ether oxygens (including phenoxy) is 1. The average Bonchev–Trinajstić information content (AvgIpc) is 3.16. The van der Waals surface area contributed by atoms with Crippen LogP contribution < -0.4 is 16.2 Å². The molecule has 29 heavy (non-hydrogen) atoms. The predicted octanol–water partition coefficient (Wildman–Crippen LogP) is 1.45. The van der Waals surface area contributed by atoms with Crippen molar-refractivity contribution in [3.05, 3.63) is 69.6 Å². The second-order valence-electron chi connectivity index (χ2n) is 7.00. The van der Waals surface area contributed by atoms with E-state index >= 15 is 0 Å². The van der Waals surface area contributed by atoms with Crippen molar-refractivity contribution in [1.82, 2.24) is 15.2 Å². The molecule has 1 fully saturated rings. The van der Waals surface area contributed by atoms with Crippen molar-refractivity contribution in [3.8, 4) is 0 Å². The van der Waals surface area contributed by atoms with Crippen LogP contribution in [-0.2, 0) is 22.5 Å². The van der Waals surface area contributed by atoms with Gasteiger partial charge in [-0.2, -0.15) is 0 Å². The lowest BCUT2D eigenvalue weighted by Gasteiger charge is -2.14. The number of hydrogen-bond acceptors (Lipinski definition) is 5. The Morgan fingerprint density at radius 1 is 1.24 bits per heavy atom. The molecule has 156 valence electrons. The number of nitrogens with zero attached hydrogens (tertiary/aromatic N) is 1. The van der Waals surface area contributed by atoms with Gasteiger partial charge in [-0.1, -0.05) is 30.3 Å². The molecule has 0 aliphatic carbocycles. The van der Waals surface area contributed by atoms with E-state index in [-0.39, 0.29) is 35.5 Å². The summed E-state index contributed by atoms with van der Waals surface area (Å²) in [5.41, 5.74) is 1.61. The quantitative estimate of drug-likeness (QED) is 0.692. The summed E-state index contributed by atoms with van der Waals surface area (Å²) in [4.78, 5) is 37.2. The number of aromatic nitrogens is 1. The number of esters is 1. The summed E-state index contributed by atoms with van der Waals surface area (Å²) < 4.78 is 6.29. The summed E-state index contributed by atoms with van der Waals surface area (Å²) in [7, 11) is 1.33. The summed E-state index contributed by atoms with van der Waals surface area (Å²) >= 11 is 0. The fourth-order valence-corrected chi connectivity index (χ4v) is 3.44. The number of carbonyl (C=O) groups is 2. The molecule has 0 radical (unpaired) electrons. The van der Waals surface area contributed by atoms with Crippen molar-refractivity contribution in [3.63, 3.8) is 0 Å². The molecule has 0 bridgehead atoms. The van der Waals surface area contributed by atoms with Crippen LogP contribution in [0.4, 0.5) is 0 Å². The average molecular weight is 420 g/mol. The fraction of sp³-hybridized carbons (Fsp3) is 0.381. The van der Waals surface area contributed by atoms with E-state index in [9.17, 15) is 14.4 Å². The Hall–Kier alpha value is -2.64. The van der Waals surface area contributed by atoms with Crippen molar-refractivity contribution in [2.45, 2.75) is 38.4 Å². The van der Waals surface area contributed by atoms with Gasteiger partial charge in [-0.05, 0) is 37.0 Å². The standard InChI is InChI=1S/C21H25N3O4.ClH/c1-14-8-10-24(11-9-15-6-4-3-5-7-15)20(26)18(14)19(25)23-16-12-17(22-13-16)21(27)28-2;/h3-8,10,16-17,22H,9,11-13H2,1-2H3,(H,23,25);1H/t16-,17-;/m0./s1. The molecule has 2 aromatic rings. The Labute approximate surface area is 175 Å². The van der Waals surface area contributed by atoms with Crippen molar-refractivity contribution in [2.75, 3.05) is 13.7 Å². The van der Waals surface area contributed by atoms with E-state index in [1.54, 1.807) is 23.8 Å². The number of carbonyl (C=O) groups excluding carboxylic acids is 2. The van der Waals surface area contributed by atoms with E-state index in [0.717, 1.165) is 5.56 Å². The van der Waals surface area contributed by atoms with Crippen LogP contribution in [-0.4, -0.2) is 42.2 Å². The van der Waals surface area contributed by atoms with Gasteiger partial charge in [-0.3, -0.25) is 14.4 Å². The Morgan fingerprint density at radius 2 is 1.97 bits per heavy atom. The maximum Gasteiger partial charge on any atom is 0.322 e. The number of methoxy groups -OCH3 is 1. The Balaban J connectivity index is 0.00000300. The number of benzene rings is 1. The van der Waals surface area contributed by atoms with Gasteiger partial charge in [0.25, 0.3) is 11.5 Å². The van der Waals surface area contributed by atoms with Crippen LogP contribution in [0.25, 0.3) is 0 Å². The third-order valence-electron chi connectivity index (χ3n) is 5.04. The third-order valence-corrected chi connectivity index (χ3v) is 5.04. The van der Waals surface area contributed by atoms with Crippen LogP contribution in [0.15, 0.2) is 47.4 Å². The zero-order valence-electron chi connectivity index (χ0n) is 16.5. The number of hydrogen-bond donors (Lipinski definition) is 2. The summed E-state index contributed by atoms with van der Waals surface area (Å²) in [6, 6.07) is 11.0. The van der Waals surface area contributed by atoms with E-state index in [4.69, 9.17) is 4.74 Å². The molecule has 1 aromatic heterocycles. The fourth-order valence-electron chi connectivity index (χ4n) is 3.44. The van der Waals surface area contributed by atoms with E-state index in [2.05, 4.69) is 10.6 Å². The van der Waals surface area contributed by atoms with E-state index in [1.807, 2.05) is 30.3 Å². The minimum Gasteiger partial charge on any atom is -0.468 e. The lowest BCUT2D eigenvalue weighted by molar-refractivity contribution is -0.142. The first-order chi connectivity index (χ1) is 13.5. The zero-order valence-corrected chi connectivity index (χ0v) is 17.3. The van der Waals surface area contributed by atoms with Crippen molar-refractivity contribution in [1.29, 1.82) is 0 Å². The molecule has 2 atom stereocenters. The van der Waals surface area contributed by atoms with E-state index in [1.165, 1.54) is 7.11 Å². The Morgan fingerprint density at radius 3 is 2.66 bits per heavy atom. The van der Waals surface area contributed by atoms with E-state index < -0.39 is 11.9 Å². The molecule has 0 spiro atoms. The zero-order chi connectivity index (χ0) is 20.1. The van der Waals surface area contributed by atoms with Crippen LogP contribution >= 0.6 is 12.4 Å². The lowest BCUT2D eigenvalue weighted by atomic mass is 10.1. The van der Waals surface area contributed by atoms with Gasteiger partial charge < -0.3 is 19.9 Å². The van der Waals surface area contributed by atoms with Crippen molar-refractivity contribution in [2.24, 2.45) is 0 Å². The first-order valence-corrected chi connectivity index (χ1v) is 9.35. The molecule has 1 aliphatic rings. The van der Waals surface area contributed by atoms with Crippen LogP contribution in [0.3, 0.4) is 0 Å². The molecule has 1 saturated heterocycles. The van der Waals surface area contributed by atoms with Gasteiger partial charge in [0.05, 0.1) is 7.11 Å². The first-order valence-electron chi connectivity index (χ1n) is 9.35. The van der Waals surface area contributed by atoms with Crippen molar-refractivity contribution < 1.29 is 14.3 Å². The van der Waals surface area contributed by atoms with Crippen molar-refractivity contribution >= 4 is 24.3 Å². The van der Waals surface area contributed by atoms with Gasteiger partial charge >= 0.3 is 5.97 Å². The maximum atomic E-state index is 12.9. The molecule has 0 saturated carbocycles. The van der Waals surface area contributed by atoms with Crippen LogP contribution in [0, 0.1) is 6.92 Å². The van der Waals surface area contributed by atoms with Crippen LogP contribution in [0.2, 0.25) is 0 Å². The van der Waals surface area contributed by atoms with Gasteiger partial charge in [-0.25, -0.2) is 0 Å². The van der Waals surface area contributed by atoms with Gasteiger partial charge in [0.15, 0.2) is 0 Å². The summed E-state index contributed by atoms with van der Waals surface area (Å²) in [5, 5.41) is 5.88. The van der Waals surface area contributed by atoms with Crippen LogP contribution in [0.5, 0.6) is 0 Å². The molecule has 8 heteroatoms. The molecule has 0 unspecified atom stereocenters. The number of nitrogens with one attached hydrogen (secondary N) is 2. The molecule has 1 aromatic carbocycles. The smallest absolute Gasteiger partial charge is 0.322 e. The number of aryl methyl sites for hydroxylation is 3. The Kier molecular flexibility index (Phi) is 7.99. The van der Waals surface area contributed by atoms with Gasteiger partial charge in [0.2, 0.25) is 0 Å². The molecule has 1 amide bonds. The highest BCUT2D eigenvalue weighted by Gasteiger charge is 2.31. The Bertz CT molecular complexity index is 914. The topological polar surface area (TPSA) is 89.4 Å². The number of halogens is 1. The molecule has 1 aliphatic heterocycles. The molecule has 3 rings (SSSR count). The summed E-state index contributed by atoms with van der Waals surface area (Å²) in [6.45, 7) is 2.71. The highest BCUT2D eigenvalue weighted by Crippen LogP contribution is 2.10. The van der Waals surface area contributed by atoms with Gasteiger partial charge in [0, 0.05) is 25.3 Å². The highest BCUT2D eigenvalue weighted by molar-refractivity contribution is 5.95. The minimum atomic E-state index is -0.435. The normalized spacial score (nSPS) is 18.0. The number of pyridine rings is 1. The third kappa shape index (κ3) is 5.46. The second kappa shape index (κ2) is 10.2. The number of amides is 1. The molecule has 7 nitrogen and oxygen atoms in total. The van der Waals surface area contributed by atoms with Crippen LogP contribution in [0.1, 0.15) is 27.9 Å². The monoisotopic (exact) mass is 419 g/mol.